The molecule has 0 bridgehead atoms. The standard InChI is InChI=1S/C35H53NO5/c1-8-40-31(6)41-34(30(5)16-12-13-17-35(37)38)23-18-28(3)24-27(2)14-10-9-11-15-29(4)25-36-26-32-19-21-33(39-7)22-20-32/h9-10,12-14,16-22,29-31,34,36H,8,11,15,23-26H2,1-7H3,(H,37,38)/b10-9+,16-12+,17-13+,27-14+,28-18+/t29-,30-,31?,34-/m0/s1. The van der Waals surface area contributed by atoms with Gasteiger partial charge < -0.3 is 24.6 Å². The van der Waals surface area contributed by atoms with Crippen LogP contribution in [0.25, 0.3) is 0 Å². The first-order chi connectivity index (χ1) is 19.6. The summed E-state index contributed by atoms with van der Waals surface area (Å²) < 4.78 is 17.0. The van der Waals surface area contributed by atoms with Gasteiger partial charge in [0.15, 0.2) is 6.29 Å². The Hall–Kier alpha value is -2.93. The van der Waals surface area contributed by atoms with Gasteiger partial charge in [-0.1, -0.05) is 79.7 Å². The second-order valence-corrected chi connectivity index (χ2v) is 10.7. The molecule has 4 atom stereocenters. The lowest BCUT2D eigenvalue weighted by Crippen LogP contribution is -2.26. The second-order valence-electron chi connectivity index (χ2n) is 10.7. The van der Waals surface area contributed by atoms with Crippen LogP contribution < -0.4 is 10.1 Å². The molecular weight excluding hydrogens is 514 g/mol. The Bertz CT molecular complexity index is 1010. The van der Waals surface area contributed by atoms with Crippen LogP contribution in [0.4, 0.5) is 0 Å². The SMILES string of the molecule is CCOC(C)O[C@@H](C/C=C(\C)C/C(C)=C/C=C/CC[C@H](C)CNCc1ccc(OC)cc1)[C@@H](C)/C=C/C=C/C(=O)O. The van der Waals surface area contributed by atoms with Crippen molar-refractivity contribution in [1.82, 2.24) is 5.32 Å². The minimum absolute atomic E-state index is 0.0714. The molecule has 1 aromatic rings. The van der Waals surface area contributed by atoms with Gasteiger partial charge in [0.2, 0.25) is 0 Å². The molecule has 0 aromatic heterocycles. The number of carboxylic acid groups (broad SMARTS) is 1. The lowest BCUT2D eigenvalue weighted by Gasteiger charge is -2.25. The van der Waals surface area contributed by atoms with Crippen molar-refractivity contribution in [2.75, 3.05) is 20.3 Å². The highest BCUT2D eigenvalue weighted by Gasteiger charge is 2.18. The minimum Gasteiger partial charge on any atom is -0.497 e. The van der Waals surface area contributed by atoms with E-state index in [9.17, 15) is 4.79 Å². The van der Waals surface area contributed by atoms with Crippen LogP contribution in [0.5, 0.6) is 5.75 Å². The highest BCUT2D eigenvalue weighted by molar-refractivity contribution is 5.80. The molecule has 0 heterocycles. The maximum atomic E-state index is 10.7. The zero-order valence-corrected chi connectivity index (χ0v) is 26.3. The average Bonchev–Trinajstić information content (AvgIpc) is 2.93. The number of rotatable bonds is 21. The number of benzene rings is 1. The Kier molecular flexibility index (Phi) is 19.2. The van der Waals surface area contributed by atoms with E-state index >= 15 is 0 Å². The van der Waals surface area contributed by atoms with E-state index in [0.29, 0.717) is 12.5 Å². The Morgan fingerprint density at radius 3 is 2.44 bits per heavy atom. The average molecular weight is 568 g/mol. The molecule has 0 radical (unpaired) electrons. The Balaban J connectivity index is 2.48. The van der Waals surface area contributed by atoms with Crippen molar-refractivity contribution in [3.8, 4) is 5.75 Å². The number of carbonyl (C=O) groups is 1. The van der Waals surface area contributed by atoms with Gasteiger partial charge >= 0.3 is 5.97 Å². The molecule has 0 aliphatic rings. The summed E-state index contributed by atoms with van der Waals surface area (Å²) in [6, 6.07) is 8.20. The quantitative estimate of drug-likeness (QED) is 0.0678. The van der Waals surface area contributed by atoms with Crippen molar-refractivity contribution in [3.05, 3.63) is 89.6 Å². The fourth-order valence-corrected chi connectivity index (χ4v) is 4.32. The van der Waals surface area contributed by atoms with Gasteiger partial charge in [-0.2, -0.15) is 0 Å². The fourth-order valence-electron chi connectivity index (χ4n) is 4.32. The number of allylic oxidation sites excluding steroid dienone is 7. The maximum absolute atomic E-state index is 10.7. The van der Waals surface area contributed by atoms with Crippen molar-refractivity contribution in [2.24, 2.45) is 11.8 Å². The number of methoxy groups -OCH3 is 1. The molecule has 1 rings (SSSR count). The summed E-state index contributed by atoms with van der Waals surface area (Å²) in [5, 5.41) is 12.3. The van der Waals surface area contributed by atoms with Gasteiger partial charge in [-0.05, 0) is 83.5 Å². The molecule has 0 saturated carbocycles. The largest absolute Gasteiger partial charge is 0.497 e. The molecule has 1 aromatic carbocycles. The van der Waals surface area contributed by atoms with E-state index in [1.165, 1.54) is 22.8 Å². The Morgan fingerprint density at radius 2 is 1.78 bits per heavy atom. The molecule has 6 heteroatoms. The van der Waals surface area contributed by atoms with Gasteiger partial charge in [0.1, 0.15) is 5.75 Å². The van der Waals surface area contributed by atoms with Crippen molar-refractivity contribution in [2.45, 2.75) is 86.2 Å². The van der Waals surface area contributed by atoms with Crippen LogP contribution in [0, 0.1) is 11.8 Å². The van der Waals surface area contributed by atoms with Crippen LogP contribution >= 0.6 is 0 Å². The van der Waals surface area contributed by atoms with Crippen LogP contribution in [0.1, 0.15) is 72.8 Å². The summed E-state index contributed by atoms with van der Waals surface area (Å²) in [4.78, 5) is 10.7. The number of nitrogens with one attached hydrogen (secondary N) is 1. The first kappa shape index (κ1) is 36.1. The molecule has 0 amide bonds. The Labute approximate surface area is 248 Å². The van der Waals surface area contributed by atoms with Gasteiger partial charge in [0, 0.05) is 25.1 Å². The summed E-state index contributed by atoms with van der Waals surface area (Å²) in [5.41, 5.74) is 3.88. The minimum atomic E-state index is -0.958. The fraction of sp³-hybridized carbons (Fsp3) is 0.514. The van der Waals surface area contributed by atoms with E-state index in [2.05, 4.69) is 69.4 Å². The molecule has 0 aliphatic carbocycles. The van der Waals surface area contributed by atoms with E-state index in [-0.39, 0.29) is 18.3 Å². The highest BCUT2D eigenvalue weighted by atomic mass is 16.7. The first-order valence-corrected chi connectivity index (χ1v) is 14.8. The van der Waals surface area contributed by atoms with E-state index in [1.54, 1.807) is 13.2 Å². The maximum Gasteiger partial charge on any atom is 0.328 e. The number of hydrogen-bond donors (Lipinski definition) is 2. The second kappa shape index (κ2) is 21.8. The lowest BCUT2D eigenvalue weighted by atomic mass is 9.98. The molecule has 0 fully saturated rings. The zero-order chi connectivity index (χ0) is 30.5. The lowest BCUT2D eigenvalue weighted by molar-refractivity contribution is -0.163. The normalized spacial score (nSPS) is 16.0. The molecular formula is C35H53NO5. The topological polar surface area (TPSA) is 77.0 Å². The van der Waals surface area contributed by atoms with E-state index in [1.807, 2.05) is 32.1 Å². The molecule has 1 unspecified atom stereocenters. The van der Waals surface area contributed by atoms with Gasteiger partial charge in [0.05, 0.1) is 13.2 Å². The smallest absolute Gasteiger partial charge is 0.328 e. The predicted octanol–water partition coefficient (Wildman–Crippen LogP) is 8.03. The van der Waals surface area contributed by atoms with E-state index in [0.717, 1.165) is 50.6 Å². The van der Waals surface area contributed by atoms with Crippen LogP contribution in [0.2, 0.25) is 0 Å². The number of ether oxygens (including phenoxy) is 3. The van der Waals surface area contributed by atoms with E-state index < -0.39 is 5.97 Å². The predicted molar refractivity (Wildman–Crippen MR) is 170 cm³/mol. The van der Waals surface area contributed by atoms with Crippen LogP contribution in [-0.2, 0) is 20.8 Å². The monoisotopic (exact) mass is 567 g/mol. The van der Waals surface area contributed by atoms with Gasteiger partial charge in [-0.25, -0.2) is 4.79 Å². The third-order valence-electron chi connectivity index (χ3n) is 6.70. The first-order valence-electron chi connectivity index (χ1n) is 14.8. The third kappa shape index (κ3) is 18.2. The Morgan fingerprint density at radius 1 is 1.05 bits per heavy atom. The van der Waals surface area contributed by atoms with Crippen LogP contribution in [0.15, 0.2) is 84.0 Å². The van der Waals surface area contributed by atoms with Gasteiger partial charge in [-0.15, -0.1) is 0 Å². The summed E-state index contributed by atoms with van der Waals surface area (Å²) in [6.45, 7) is 15.0. The highest BCUT2D eigenvalue weighted by Crippen LogP contribution is 2.20. The molecule has 2 N–H and O–H groups in total. The molecule has 6 nitrogen and oxygen atoms in total. The molecule has 228 valence electrons. The summed E-state index contributed by atoms with van der Waals surface area (Å²) in [5.74, 6) is 0.638. The third-order valence-corrected chi connectivity index (χ3v) is 6.70. The van der Waals surface area contributed by atoms with Gasteiger partial charge in [0.25, 0.3) is 0 Å². The zero-order valence-electron chi connectivity index (χ0n) is 26.3. The van der Waals surface area contributed by atoms with Crippen molar-refractivity contribution in [3.63, 3.8) is 0 Å². The van der Waals surface area contributed by atoms with E-state index in [4.69, 9.17) is 19.3 Å². The number of hydrogen-bond acceptors (Lipinski definition) is 5. The van der Waals surface area contributed by atoms with Crippen molar-refractivity contribution in [1.29, 1.82) is 0 Å². The van der Waals surface area contributed by atoms with Crippen molar-refractivity contribution >= 4 is 5.97 Å². The molecule has 0 aliphatic heterocycles. The summed E-state index contributed by atoms with van der Waals surface area (Å²) >= 11 is 0. The number of carboxylic acids is 1. The molecule has 41 heavy (non-hydrogen) atoms. The van der Waals surface area contributed by atoms with Crippen molar-refractivity contribution < 1.29 is 24.1 Å². The molecule has 0 saturated heterocycles. The van der Waals surface area contributed by atoms with Crippen LogP contribution in [0.3, 0.4) is 0 Å². The van der Waals surface area contributed by atoms with Gasteiger partial charge in [-0.3, -0.25) is 0 Å². The summed E-state index contributed by atoms with van der Waals surface area (Å²) in [6.07, 6.45) is 18.8. The number of aliphatic carboxylic acids is 1. The molecule has 0 spiro atoms. The summed E-state index contributed by atoms with van der Waals surface area (Å²) in [7, 11) is 1.69. The van der Waals surface area contributed by atoms with Crippen LogP contribution in [-0.4, -0.2) is 43.7 Å².